The molecule has 1 aromatic heterocycles. The summed E-state index contributed by atoms with van der Waals surface area (Å²) in [5, 5.41) is 3.02. The lowest BCUT2D eigenvalue weighted by atomic mass is 10.4. The second-order valence-corrected chi connectivity index (χ2v) is 3.92. The van der Waals surface area contributed by atoms with Gasteiger partial charge in [0.05, 0.1) is 18.6 Å². The highest BCUT2D eigenvalue weighted by Gasteiger charge is 2.27. The molecule has 1 aromatic rings. The van der Waals surface area contributed by atoms with Gasteiger partial charge < -0.3 is 14.6 Å². The van der Waals surface area contributed by atoms with E-state index in [2.05, 4.69) is 22.0 Å². The van der Waals surface area contributed by atoms with Gasteiger partial charge in [-0.3, -0.25) is 0 Å². The van der Waals surface area contributed by atoms with E-state index >= 15 is 0 Å². The largest absolute Gasteiger partial charge is 0.411 e. The van der Waals surface area contributed by atoms with Crippen LogP contribution < -0.4 is 5.32 Å². The summed E-state index contributed by atoms with van der Waals surface area (Å²) in [5.74, 6) is 0. The van der Waals surface area contributed by atoms with Crippen molar-refractivity contribution in [3.8, 4) is 0 Å². The Kier molecular flexibility index (Phi) is 6.14. The predicted molar refractivity (Wildman–Crippen MR) is 61.1 cm³/mol. The Morgan fingerprint density at radius 3 is 2.89 bits per heavy atom. The van der Waals surface area contributed by atoms with Crippen molar-refractivity contribution >= 4 is 0 Å². The average Bonchev–Trinajstić information content (AvgIpc) is 2.70. The number of nitrogens with zero attached hydrogens (tertiary/aromatic N) is 2. The summed E-state index contributed by atoms with van der Waals surface area (Å²) in [5.41, 5.74) is 1.02. The van der Waals surface area contributed by atoms with Gasteiger partial charge in [0.15, 0.2) is 0 Å². The van der Waals surface area contributed by atoms with Gasteiger partial charge in [-0.05, 0) is 6.42 Å². The molecular weight excluding hydrogens is 247 g/mol. The maximum atomic E-state index is 11.8. The highest BCUT2D eigenvalue weighted by Crippen LogP contribution is 2.13. The Morgan fingerprint density at radius 2 is 2.22 bits per heavy atom. The molecular formula is C11H18F3N3O. The van der Waals surface area contributed by atoms with E-state index in [1.807, 2.05) is 4.57 Å². The maximum Gasteiger partial charge on any atom is 0.411 e. The van der Waals surface area contributed by atoms with E-state index in [-0.39, 0.29) is 6.61 Å². The molecule has 1 N–H and O–H groups in total. The standard InChI is InChI=1S/C11H18F3N3O/c1-2-4-17-9-16-7-10(17)6-15-3-5-18-8-11(12,13)14/h7,9,15H,2-6,8H2,1H3. The molecule has 1 heterocycles. The maximum absolute atomic E-state index is 11.8. The zero-order valence-corrected chi connectivity index (χ0v) is 10.3. The molecule has 0 amide bonds. The van der Waals surface area contributed by atoms with E-state index in [9.17, 15) is 13.2 Å². The van der Waals surface area contributed by atoms with Crippen molar-refractivity contribution in [3.05, 3.63) is 18.2 Å². The third-order valence-electron chi connectivity index (χ3n) is 2.26. The van der Waals surface area contributed by atoms with Crippen molar-refractivity contribution in [2.45, 2.75) is 32.6 Å². The average molecular weight is 265 g/mol. The van der Waals surface area contributed by atoms with Crippen LogP contribution in [0.5, 0.6) is 0 Å². The first kappa shape index (κ1) is 15.0. The minimum absolute atomic E-state index is 0.0431. The highest BCUT2D eigenvalue weighted by molar-refractivity contribution is 4.97. The number of aromatic nitrogens is 2. The number of nitrogens with one attached hydrogen (secondary N) is 1. The lowest BCUT2D eigenvalue weighted by Gasteiger charge is -2.09. The van der Waals surface area contributed by atoms with E-state index in [0.717, 1.165) is 18.7 Å². The number of hydrogen-bond donors (Lipinski definition) is 1. The summed E-state index contributed by atoms with van der Waals surface area (Å²) in [6.45, 7) is 2.77. The van der Waals surface area contributed by atoms with Gasteiger partial charge in [-0.15, -0.1) is 0 Å². The first-order valence-electron chi connectivity index (χ1n) is 5.87. The number of imidazole rings is 1. The van der Waals surface area contributed by atoms with Crippen LogP contribution in [0.25, 0.3) is 0 Å². The van der Waals surface area contributed by atoms with Crippen LogP contribution in [0.4, 0.5) is 13.2 Å². The van der Waals surface area contributed by atoms with Gasteiger partial charge in [-0.25, -0.2) is 4.98 Å². The first-order chi connectivity index (χ1) is 8.53. The van der Waals surface area contributed by atoms with E-state index in [1.54, 1.807) is 12.5 Å². The smallest absolute Gasteiger partial charge is 0.371 e. The number of halogens is 3. The van der Waals surface area contributed by atoms with Crippen LogP contribution in [-0.2, 0) is 17.8 Å². The Balaban J connectivity index is 2.12. The molecule has 0 unspecified atom stereocenters. The topological polar surface area (TPSA) is 39.1 Å². The number of ether oxygens (including phenoxy) is 1. The van der Waals surface area contributed by atoms with Crippen molar-refractivity contribution in [3.63, 3.8) is 0 Å². The van der Waals surface area contributed by atoms with E-state index < -0.39 is 12.8 Å². The van der Waals surface area contributed by atoms with E-state index in [4.69, 9.17) is 0 Å². The molecule has 0 aromatic carbocycles. The van der Waals surface area contributed by atoms with Crippen molar-refractivity contribution in [1.29, 1.82) is 0 Å². The van der Waals surface area contributed by atoms with Crippen molar-refractivity contribution < 1.29 is 17.9 Å². The molecule has 0 fully saturated rings. The second-order valence-electron chi connectivity index (χ2n) is 3.92. The van der Waals surface area contributed by atoms with E-state index in [1.165, 1.54) is 0 Å². The molecule has 0 saturated heterocycles. The summed E-state index contributed by atoms with van der Waals surface area (Å²) >= 11 is 0. The molecule has 104 valence electrons. The fraction of sp³-hybridized carbons (Fsp3) is 0.727. The minimum atomic E-state index is -4.25. The summed E-state index contributed by atoms with van der Waals surface area (Å²) in [4.78, 5) is 4.03. The van der Waals surface area contributed by atoms with Crippen LogP contribution in [0.1, 0.15) is 19.0 Å². The lowest BCUT2D eigenvalue weighted by Crippen LogP contribution is -2.24. The molecule has 0 aliphatic rings. The van der Waals surface area contributed by atoms with Crippen LogP contribution in [0.2, 0.25) is 0 Å². The number of rotatable bonds is 8. The molecule has 18 heavy (non-hydrogen) atoms. The summed E-state index contributed by atoms with van der Waals surface area (Å²) in [6, 6.07) is 0. The van der Waals surface area contributed by atoms with Gasteiger partial charge >= 0.3 is 6.18 Å². The molecule has 0 aliphatic carbocycles. The summed E-state index contributed by atoms with van der Waals surface area (Å²) < 4.78 is 41.8. The molecule has 0 radical (unpaired) electrons. The predicted octanol–water partition coefficient (Wildman–Crippen LogP) is 1.96. The Labute approximate surface area is 104 Å². The third-order valence-corrected chi connectivity index (χ3v) is 2.26. The molecule has 0 aliphatic heterocycles. The minimum Gasteiger partial charge on any atom is -0.371 e. The lowest BCUT2D eigenvalue weighted by molar-refractivity contribution is -0.173. The molecule has 1 rings (SSSR count). The molecule has 0 spiro atoms. The van der Waals surface area contributed by atoms with Gasteiger partial charge in [-0.2, -0.15) is 13.2 Å². The van der Waals surface area contributed by atoms with Crippen molar-refractivity contribution in [1.82, 2.24) is 14.9 Å². The highest BCUT2D eigenvalue weighted by atomic mass is 19.4. The molecule has 4 nitrogen and oxygen atoms in total. The van der Waals surface area contributed by atoms with Crippen LogP contribution in [0, 0.1) is 0 Å². The Hall–Kier alpha value is -1.08. The van der Waals surface area contributed by atoms with Crippen LogP contribution in [0.15, 0.2) is 12.5 Å². The SMILES string of the molecule is CCCn1cncc1CNCCOCC(F)(F)F. The second kappa shape index (κ2) is 7.38. The molecule has 0 atom stereocenters. The van der Waals surface area contributed by atoms with Crippen molar-refractivity contribution in [2.75, 3.05) is 19.8 Å². The Morgan fingerprint density at radius 1 is 1.44 bits per heavy atom. The van der Waals surface area contributed by atoms with Crippen molar-refractivity contribution in [2.24, 2.45) is 0 Å². The third kappa shape index (κ3) is 6.02. The number of hydrogen-bond acceptors (Lipinski definition) is 3. The van der Waals surface area contributed by atoms with Gasteiger partial charge in [-0.1, -0.05) is 6.92 Å². The fourth-order valence-electron chi connectivity index (χ4n) is 1.49. The number of aryl methyl sites for hydroxylation is 1. The monoisotopic (exact) mass is 265 g/mol. The molecule has 0 bridgehead atoms. The Bertz CT molecular complexity index is 339. The van der Waals surface area contributed by atoms with Gasteiger partial charge in [0.25, 0.3) is 0 Å². The van der Waals surface area contributed by atoms with Gasteiger partial charge in [0.2, 0.25) is 0 Å². The summed E-state index contributed by atoms with van der Waals surface area (Å²) in [6.07, 6.45) is 0.262. The van der Waals surface area contributed by atoms with Crippen LogP contribution in [0.3, 0.4) is 0 Å². The first-order valence-corrected chi connectivity index (χ1v) is 5.87. The normalized spacial score (nSPS) is 12.0. The zero-order chi connectivity index (χ0) is 13.4. The van der Waals surface area contributed by atoms with E-state index in [0.29, 0.717) is 13.1 Å². The fourth-order valence-corrected chi connectivity index (χ4v) is 1.49. The quantitative estimate of drug-likeness (QED) is 0.730. The van der Waals surface area contributed by atoms with Crippen LogP contribution >= 0.6 is 0 Å². The van der Waals surface area contributed by atoms with Crippen LogP contribution in [-0.4, -0.2) is 35.5 Å². The van der Waals surface area contributed by atoms with Gasteiger partial charge in [0.1, 0.15) is 6.61 Å². The number of alkyl halides is 3. The zero-order valence-electron chi connectivity index (χ0n) is 10.3. The molecule has 7 heteroatoms. The molecule has 0 saturated carbocycles. The van der Waals surface area contributed by atoms with Gasteiger partial charge in [0, 0.05) is 25.8 Å². The summed E-state index contributed by atoms with van der Waals surface area (Å²) in [7, 11) is 0.